The number of hydrogen-bond acceptors (Lipinski definition) is 4. The molecule has 0 aliphatic carbocycles. The number of hydrogen-bond donors (Lipinski definition) is 1. The zero-order valence-electron chi connectivity index (χ0n) is 12.3. The first-order valence-electron chi connectivity index (χ1n) is 7.36. The maximum atomic E-state index is 12.0. The summed E-state index contributed by atoms with van der Waals surface area (Å²) in [5.41, 5.74) is 1.05. The highest BCUT2D eigenvalue weighted by atomic mass is 16.5. The van der Waals surface area contributed by atoms with Gasteiger partial charge in [-0.25, -0.2) is 4.98 Å². The van der Waals surface area contributed by atoms with Crippen molar-refractivity contribution in [2.75, 3.05) is 32.8 Å². The number of carbonyl (C=O) groups excluding carboxylic acids is 1. The molecule has 1 aromatic heterocycles. The first-order chi connectivity index (χ1) is 9.76. The highest BCUT2D eigenvalue weighted by Gasteiger charge is 2.20. The lowest BCUT2D eigenvalue weighted by Gasteiger charge is -2.25. The number of morpholine rings is 1. The van der Waals surface area contributed by atoms with E-state index in [1.807, 2.05) is 29.5 Å². The predicted molar refractivity (Wildman–Crippen MR) is 76.3 cm³/mol. The minimum Gasteiger partial charge on any atom is -0.369 e. The average molecular weight is 280 g/mol. The molecule has 20 heavy (non-hydrogen) atoms. The van der Waals surface area contributed by atoms with Crippen molar-refractivity contribution in [2.24, 2.45) is 0 Å². The highest BCUT2D eigenvalue weighted by Crippen LogP contribution is 2.18. The van der Waals surface area contributed by atoms with E-state index in [1.165, 1.54) is 0 Å². The standard InChI is InChI=1S/C14H24N4O2/c1-3-17(4-2)14(19)5-7-18-11-16-9-12(18)13-10-15-6-8-20-13/h9,11,13,15H,3-8,10H2,1-2H3. The lowest BCUT2D eigenvalue weighted by atomic mass is 10.2. The normalized spacial score (nSPS) is 19.0. The molecule has 1 aliphatic heterocycles. The van der Waals surface area contributed by atoms with Crippen LogP contribution in [0.3, 0.4) is 0 Å². The molecule has 0 spiro atoms. The van der Waals surface area contributed by atoms with Crippen LogP contribution < -0.4 is 5.32 Å². The molecular weight excluding hydrogens is 256 g/mol. The number of ether oxygens (including phenoxy) is 1. The van der Waals surface area contributed by atoms with E-state index in [0.29, 0.717) is 19.6 Å². The van der Waals surface area contributed by atoms with Crippen molar-refractivity contribution in [3.8, 4) is 0 Å². The van der Waals surface area contributed by atoms with Crippen molar-refractivity contribution in [3.63, 3.8) is 0 Å². The third kappa shape index (κ3) is 3.58. The molecule has 112 valence electrons. The number of nitrogens with one attached hydrogen (secondary N) is 1. The summed E-state index contributed by atoms with van der Waals surface area (Å²) < 4.78 is 7.77. The minimum absolute atomic E-state index is 0.0369. The van der Waals surface area contributed by atoms with E-state index in [2.05, 4.69) is 10.3 Å². The molecular formula is C14H24N4O2. The Kier molecular flexibility index (Phi) is 5.55. The monoisotopic (exact) mass is 280 g/mol. The first kappa shape index (κ1) is 15.0. The van der Waals surface area contributed by atoms with Crippen molar-refractivity contribution < 1.29 is 9.53 Å². The maximum Gasteiger partial charge on any atom is 0.224 e. The van der Waals surface area contributed by atoms with Gasteiger partial charge in [-0.15, -0.1) is 0 Å². The lowest BCUT2D eigenvalue weighted by Crippen LogP contribution is -2.34. The van der Waals surface area contributed by atoms with E-state index in [1.54, 1.807) is 6.33 Å². The van der Waals surface area contributed by atoms with Crippen LogP contribution >= 0.6 is 0 Å². The predicted octanol–water partition coefficient (Wildman–Crippen LogP) is 0.802. The van der Waals surface area contributed by atoms with Gasteiger partial charge in [0.05, 0.1) is 24.8 Å². The molecule has 1 amide bonds. The molecule has 1 unspecified atom stereocenters. The van der Waals surface area contributed by atoms with Gasteiger partial charge in [0.25, 0.3) is 0 Å². The molecule has 6 heteroatoms. The van der Waals surface area contributed by atoms with Crippen LogP contribution in [0.25, 0.3) is 0 Å². The van der Waals surface area contributed by atoms with Gasteiger partial charge in [-0.3, -0.25) is 4.79 Å². The molecule has 1 aromatic rings. The zero-order valence-corrected chi connectivity index (χ0v) is 12.3. The summed E-state index contributed by atoms with van der Waals surface area (Å²) in [6.07, 6.45) is 4.16. The van der Waals surface area contributed by atoms with Gasteiger partial charge in [0, 0.05) is 39.1 Å². The van der Waals surface area contributed by atoms with E-state index in [9.17, 15) is 4.79 Å². The van der Waals surface area contributed by atoms with Gasteiger partial charge in [-0.2, -0.15) is 0 Å². The Morgan fingerprint density at radius 3 is 3.00 bits per heavy atom. The molecule has 0 saturated carbocycles. The number of aryl methyl sites for hydroxylation is 1. The van der Waals surface area contributed by atoms with Crippen molar-refractivity contribution in [1.82, 2.24) is 19.8 Å². The molecule has 2 heterocycles. The van der Waals surface area contributed by atoms with Gasteiger partial charge in [0.1, 0.15) is 6.10 Å². The average Bonchev–Trinajstić information content (AvgIpc) is 2.95. The Labute approximate surface area is 120 Å². The second-order valence-corrected chi connectivity index (χ2v) is 4.89. The zero-order chi connectivity index (χ0) is 14.4. The number of imidazole rings is 1. The van der Waals surface area contributed by atoms with E-state index in [4.69, 9.17) is 4.74 Å². The maximum absolute atomic E-state index is 12.0. The van der Waals surface area contributed by atoms with Crippen LogP contribution in [0.2, 0.25) is 0 Å². The third-order valence-corrected chi connectivity index (χ3v) is 3.68. The Balaban J connectivity index is 1.93. The van der Waals surface area contributed by atoms with Gasteiger partial charge < -0.3 is 19.5 Å². The van der Waals surface area contributed by atoms with Gasteiger partial charge in [-0.05, 0) is 13.8 Å². The molecule has 0 bridgehead atoms. The number of amides is 1. The highest BCUT2D eigenvalue weighted by molar-refractivity contribution is 5.76. The summed E-state index contributed by atoms with van der Waals surface area (Å²) in [6, 6.07) is 0. The van der Waals surface area contributed by atoms with Crippen molar-refractivity contribution >= 4 is 5.91 Å². The van der Waals surface area contributed by atoms with E-state index < -0.39 is 0 Å². The quantitative estimate of drug-likeness (QED) is 0.837. The molecule has 2 rings (SSSR count). The lowest BCUT2D eigenvalue weighted by molar-refractivity contribution is -0.131. The fourth-order valence-corrected chi connectivity index (χ4v) is 2.49. The number of carbonyl (C=O) groups is 1. The molecule has 1 saturated heterocycles. The summed E-state index contributed by atoms with van der Waals surface area (Å²) >= 11 is 0. The van der Waals surface area contributed by atoms with Crippen LogP contribution in [-0.4, -0.2) is 53.1 Å². The first-order valence-corrected chi connectivity index (χ1v) is 7.36. The van der Waals surface area contributed by atoms with Crippen LogP contribution in [0.4, 0.5) is 0 Å². The SMILES string of the molecule is CCN(CC)C(=O)CCn1cncc1C1CNCCO1. The van der Waals surface area contributed by atoms with Crippen LogP contribution in [0.15, 0.2) is 12.5 Å². The van der Waals surface area contributed by atoms with Crippen molar-refractivity contribution in [3.05, 3.63) is 18.2 Å². The fourth-order valence-electron chi connectivity index (χ4n) is 2.49. The summed E-state index contributed by atoms with van der Waals surface area (Å²) in [5, 5.41) is 3.31. The summed E-state index contributed by atoms with van der Waals surface area (Å²) in [6.45, 7) is 8.61. The molecule has 0 radical (unpaired) electrons. The largest absolute Gasteiger partial charge is 0.369 e. The Hall–Kier alpha value is -1.40. The van der Waals surface area contributed by atoms with Crippen LogP contribution in [0.5, 0.6) is 0 Å². The van der Waals surface area contributed by atoms with Crippen LogP contribution in [0.1, 0.15) is 32.1 Å². The third-order valence-electron chi connectivity index (χ3n) is 3.68. The number of rotatable bonds is 6. The molecule has 1 atom stereocenters. The summed E-state index contributed by atoms with van der Waals surface area (Å²) in [7, 11) is 0. The molecule has 6 nitrogen and oxygen atoms in total. The fraction of sp³-hybridized carbons (Fsp3) is 0.714. The summed E-state index contributed by atoms with van der Waals surface area (Å²) in [4.78, 5) is 18.1. The van der Waals surface area contributed by atoms with Gasteiger partial charge in [0.15, 0.2) is 0 Å². The Morgan fingerprint density at radius 1 is 1.55 bits per heavy atom. The molecule has 0 aromatic carbocycles. The molecule has 1 aliphatic rings. The smallest absolute Gasteiger partial charge is 0.224 e. The van der Waals surface area contributed by atoms with Crippen molar-refractivity contribution in [2.45, 2.75) is 32.9 Å². The minimum atomic E-state index is 0.0369. The second-order valence-electron chi connectivity index (χ2n) is 4.89. The Morgan fingerprint density at radius 2 is 2.35 bits per heavy atom. The number of aromatic nitrogens is 2. The molecule has 1 N–H and O–H groups in total. The van der Waals surface area contributed by atoms with Gasteiger partial charge in [-0.1, -0.05) is 0 Å². The topological polar surface area (TPSA) is 59.4 Å². The van der Waals surface area contributed by atoms with E-state index in [0.717, 1.165) is 31.9 Å². The Bertz CT molecular complexity index is 423. The van der Waals surface area contributed by atoms with Crippen LogP contribution in [-0.2, 0) is 16.1 Å². The number of nitrogens with zero attached hydrogens (tertiary/aromatic N) is 3. The summed E-state index contributed by atoms with van der Waals surface area (Å²) in [5.74, 6) is 0.192. The van der Waals surface area contributed by atoms with E-state index in [-0.39, 0.29) is 12.0 Å². The van der Waals surface area contributed by atoms with Crippen molar-refractivity contribution in [1.29, 1.82) is 0 Å². The van der Waals surface area contributed by atoms with Gasteiger partial charge in [0.2, 0.25) is 5.91 Å². The molecule has 1 fully saturated rings. The van der Waals surface area contributed by atoms with Crippen LogP contribution in [0, 0.1) is 0 Å². The van der Waals surface area contributed by atoms with Gasteiger partial charge >= 0.3 is 0 Å². The van der Waals surface area contributed by atoms with E-state index >= 15 is 0 Å². The second kappa shape index (κ2) is 7.40.